The molecule has 0 aliphatic carbocycles. The van der Waals surface area contributed by atoms with Gasteiger partial charge >= 0.3 is 16.8 Å². The van der Waals surface area contributed by atoms with Gasteiger partial charge in [0.25, 0.3) is 0 Å². The van der Waals surface area contributed by atoms with Crippen LogP contribution in [0.4, 0.5) is 0 Å². The van der Waals surface area contributed by atoms with E-state index in [1.165, 1.54) is 19.6 Å². The molecule has 26 heavy (non-hydrogen) atoms. The van der Waals surface area contributed by atoms with Gasteiger partial charge in [-0.25, -0.2) is 0 Å². The van der Waals surface area contributed by atoms with Crippen LogP contribution >= 0.6 is 0 Å². The Kier molecular flexibility index (Phi) is 20.2. The van der Waals surface area contributed by atoms with E-state index in [1.807, 2.05) is 0 Å². The zero-order valence-corrected chi connectivity index (χ0v) is 25.8. The molecule has 0 aliphatic heterocycles. The van der Waals surface area contributed by atoms with Gasteiger partial charge in [-0.2, -0.15) is 0 Å². The van der Waals surface area contributed by atoms with Crippen molar-refractivity contribution >= 4 is 32.9 Å². The molecule has 0 aromatic heterocycles. The molecule has 162 valence electrons. The van der Waals surface area contributed by atoms with Crippen molar-refractivity contribution in [1.29, 1.82) is 0 Å². The summed E-state index contributed by atoms with van der Waals surface area (Å²) in [4.78, 5) is 2.38. The van der Waals surface area contributed by atoms with Gasteiger partial charge in [-0.3, -0.25) is 0 Å². The molecule has 8 heteroatoms. The number of nitrogens with zero attached hydrogens (tertiary/aromatic N) is 3. The summed E-state index contributed by atoms with van der Waals surface area (Å²) in [5.74, 6) is 0. The second kappa shape index (κ2) is 15.1. The van der Waals surface area contributed by atoms with Crippen LogP contribution in [0.2, 0.25) is 78.6 Å². The van der Waals surface area contributed by atoms with E-state index in [-0.39, 0.29) is 16.8 Å². The normalized spacial score (nSPS) is 12.5. The third-order valence-corrected chi connectivity index (χ3v) is 13.4. The molecule has 0 unspecified atom stereocenters. The molecule has 0 atom stereocenters. The zero-order valence-electron chi connectivity index (χ0n) is 20.8. The quantitative estimate of drug-likeness (QED) is 0.349. The summed E-state index contributed by atoms with van der Waals surface area (Å²) in [6.45, 7) is 37.7. The van der Waals surface area contributed by atoms with Gasteiger partial charge in [0.2, 0.25) is 0 Å². The standard InChI is InChI=1S/2C6H18NSi2.C6H15N.Co/c2*1-8(2,3)7-9(4,5)6;1-4-7(5-2)6-3;/h2*1-6H3;4-6H2,1-3H3;/q2*-1;;+3. The molecule has 3 nitrogen and oxygen atoms in total. The average Bonchev–Trinajstić information content (AvgIpc) is 2.22. The minimum atomic E-state index is -1.11. The summed E-state index contributed by atoms with van der Waals surface area (Å²) in [7, 11) is -4.42. The largest absolute Gasteiger partial charge is 3.00 e. The molecule has 0 saturated heterocycles. The Labute approximate surface area is 182 Å². The molecular weight excluding hydrogens is 429 g/mol. The van der Waals surface area contributed by atoms with E-state index >= 15 is 0 Å². The van der Waals surface area contributed by atoms with Gasteiger partial charge in [0.1, 0.15) is 0 Å². The van der Waals surface area contributed by atoms with Crippen molar-refractivity contribution in [3.05, 3.63) is 9.30 Å². The first-order valence-electron chi connectivity index (χ1n) is 9.96. The van der Waals surface area contributed by atoms with Gasteiger partial charge in [-0.05, 0) is 19.6 Å². The van der Waals surface area contributed by atoms with Crippen LogP contribution in [0.3, 0.4) is 0 Å². The summed E-state index contributed by atoms with van der Waals surface area (Å²) >= 11 is 0. The van der Waals surface area contributed by atoms with Crippen molar-refractivity contribution in [2.24, 2.45) is 0 Å². The maximum Gasteiger partial charge on any atom is 3.00 e. The maximum atomic E-state index is 4.82. The van der Waals surface area contributed by atoms with Gasteiger partial charge in [-0.15, -0.1) is 0 Å². The summed E-state index contributed by atoms with van der Waals surface area (Å²) in [5.41, 5.74) is 0. The van der Waals surface area contributed by atoms with Crippen LogP contribution in [-0.2, 0) is 16.8 Å². The van der Waals surface area contributed by atoms with Gasteiger partial charge < -0.3 is 14.2 Å². The van der Waals surface area contributed by atoms with Gasteiger partial charge in [0, 0.05) is 0 Å². The summed E-state index contributed by atoms with van der Waals surface area (Å²) in [6, 6.07) is 0. The third-order valence-electron chi connectivity index (χ3n) is 2.68. The molecule has 0 spiro atoms. The van der Waals surface area contributed by atoms with E-state index in [2.05, 4.69) is 104 Å². The molecule has 0 N–H and O–H groups in total. The van der Waals surface area contributed by atoms with Crippen molar-refractivity contribution in [2.75, 3.05) is 19.6 Å². The van der Waals surface area contributed by atoms with Crippen LogP contribution in [0, 0.1) is 0 Å². The third kappa shape index (κ3) is 40.1. The number of hydrogen-bond donors (Lipinski definition) is 0. The summed E-state index contributed by atoms with van der Waals surface area (Å²) in [5, 5.41) is 0. The molecule has 0 aromatic carbocycles. The van der Waals surface area contributed by atoms with Crippen LogP contribution in [0.25, 0.3) is 9.30 Å². The zero-order chi connectivity index (χ0) is 21.1. The fraction of sp³-hybridized carbons (Fsp3) is 1.00. The van der Waals surface area contributed by atoms with Crippen molar-refractivity contribution < 1.29 is 16.8 Å². The first-order chi connectivity index (χ1) is 10.8. The van der Waals surface area contributed by atoms with Gasteiger partial charge in [-0.1, -0.05) is 132 Å². The van der Waals surface area contributed by atoms with Crippen molar-refractivity contribution in [1.82, 2.24) is 4.90 Å². The molecule has 0 saturated carbocycles. The average molecular weight is 481 g/mol. The minimum absolute atomic E-state index is 0. The molecule has 0 rings (SSSR count). The van der Waals surface area contributed by atoms with Crippen LogP contribution in [0.15, 0.2) is 0 Å². The molecule has 0 aliphatic rings. The second-order valence-electron chi connectivity index (χ2n) is 10.5. The summed E-state index contributed by atoms with van der Waals surface area (Å²) in [6.07, 6.45) is 0. The molecule has 0 bridgehead atoms. The molecule has 0 heterocycles. The second-order valence-corrected chi connectivity index (χ2v) is 29.7. The first-order valence-corrected chi connectivity index (χ1v) is 23.8. The van der Waals surface area contributed by atoms with E-state index < -0.39 is 32.9 Å². The van der Waals surface area contributed by atoms with E-state index in [1.54, 1.807) is 0 Å². The predicted molar refractivity (Wildman–Crippen MR) is 134 cm³/mol. The Bertz CT molecular complexity index is 257. The van der Waals surface area contributed by atoms with Gasteiger partial charge in [0.05, 0.1) is 0 Å². The Balaban J connectivity index is -0.000000138. The van der Waals surface area contributed by atoms with Crippen LogP contribution in [0.1, 0.15) is 20.8 Å². The topological polar surface area (TPSA) is 31.4 Å². The Morgan fingerprint density at radius 3 is 0.615 bits per heavy atom. The van der Waals surface area contributed by atoms with Crippen LogP contribution < -0.4 is 0 Å². The molecule has 0 fully saturated rings. The van der Waals surface area contributed by atoms with Crippen molar-refractivity contribution in [2.45, 2.75) is 99.3 Å². The Morgan fingerprint density at radius 2 is 0.615 bits per heavy atom. The molecular formula is C18H51CoN3Si4+. The van der Waals surface area contributed by atoms with E-state index in [9.17, 15) is 0 Å². The first kappa shape index (κ1) is 34.7. The molecule has 0 aromatic rings. The number of rotatable bonds is 7. The van der Waals surface area contributed by atoms with E-state index in [0.717, 1.165) is 0 Å². The van der Waals surface area contributed by atoms with Crippen LogP contribution in [-0.4, -0.2) is 57.5 Å². The monoisotopic (exact) mass is 480 g/mol. The maximum absolute atomic E-state index is 4.82. The van der Waals surface area contributed by atoms with E-state index in [0.29, 0.717) is 0 Å². The molecule has 0 radical (unpaired) electrons. The number of hydrogen-bond acceptors (Lipinski definition) is 1. The summed E-state index contributed by atoms with van der Waals surface area (Å²) < 4.78 is 9.64. The predicted octanol–water partition coefficient (Wildman–Crippen LogP) is 7.41. The van der Waals surface area contributed by atoms with Crippen LogP contribution in [0.5, 0.6) is 0 Å². The van der Waals surface area contributed by atoms with Gasteiger partial charge in [0.15, 0.2) is 0 Å². The molecule has 0 amide bonds. The SMILES string of the molecule is CCN(CC)CC.C[Si](C)(C)[N-][Si](C)(C)C.C[Si](C)(C)[N-][Si](C)(C)C.[Co+3]. The fourth-order valence-electron chi connectivity index (χ4n) is 2.68. The van der Waals surface area contributed by atoms with E-state index in [4.69, 9.17) is 9.30 Å². The van der Waals surface area contributed by atoms with Crippen molar-refractivity contribution in [3.8, 4) is 0 Å². The minimum Gasteiger partial charge on any atom is -0.668 e. The Morgan fingerprint density at radius 1 is 0.462 bits per heavy atom. The Hall–Kier alpha value is 1.25. The van der Waals surface area contributed by atoms with Crippen molar-refractivity contribution in [3.63, 3.8) is 0 Å². The smallest absolute Gasteiger partial charge is 0.668 e. The fourth-order valence-corrected chi connectivity index (χ4v) is 18.8.